The summed E-state index contributed by atoms with van der Waals surface area (Å²) in [6, 6.07) is 6.97. The minimum absolute atomic E-state index is 0.327. The fourth-order valence-corrected chi connectivity index (χ4v) is 3.01. The van der Waals surface area contributed by atoms with Crippen LogP contribution >= 0.6 is 11.8 Å². The maximum Gasteiger partial charge on any atom is 0.113 e. The fraction of sp³-hybridized carbons (Fsp3) is 0.667. The van der Waals surface area contributed by atoms with E-state index in [9.17, 15) is 5.26 Å². The molecule has 3 nitrogen and oxygen atoms in total. The van der Waals surface area contributed by atoms with E-state index in [-0.39, 0.29) is 5.54 Å². The minimum atomic E-state index is -0.327. The maximum absolute atomic E-state index is 9.26. The van der Waals surface area contributed by atoms with Gasteiger partial charge in [-0.25, -0.2) is 0 Å². The third kappa shape index (κ3) is 5.30. The number of thioether (sulfide) groups is 1. The third-order valence-electron chi connectivity index (χ3n) is 3.39. The number of hydrogen-bond acceptors (Lipinski definition) is 4. The first-order chi connectivity index (χ1) is 9.22. The first-order valence-corrected chi connectivity index (χ1v) is 8.16. The Kier molecular flexibility index (Phi) is 5.35. The molecule has 1 fully saturated rings. The number of nitrogens with zero attached hydrogens (tertiary/aromatic N) is 1. The normalized spacial score (nSPS) is 17.9. The van der Waals surface area contributed by atoms with Crippen LogP contribution in [-0.2, 0) is 5.75 Å². The number of unbranched alkanes of at least 4 members (excludes halogenated alkanes) is 1. The summed E-state index contributed by atoms with van der Waals surface area (Å²) in [6.07, 6.45) is 7.40. The Morgan fingerprint density at radius 3 is 3.00 bits per heavy atom. The predicted octanol–water partition coefficient (Wildman–Crippen LogP) is 3.72. The molecule has 104 valence electrons. The lowest BCUT2D eigenvalue weighted by molar-refractivity contribution is 0.402. The summed E-state index contributed by atoms with van der Waals surface area (Å²) in [6.45, 7) is 2.03. The van der Waals surface area contributed by atoms with Crippen LogP contribution in [-0.4, -0.2) is 17.3 Å². The topological polar surface area (TPSA) is 49.0 Å². The van der Waals surface area contributed by atoms with Crippen molar-refractivity contribution >= 4 is 11.8 Å². The van der Waals surface area contributed by atoms with Gasteiger partial charge in [-0.2, -0.15) is 17.0 Å². The van der Waals surface area contributed by atoms with Gasteiger partial charge >= 0.3 is 0 Å². The molecule has 0 bridgehead atoms. The second kappa shape index (κ2) is 7.02. The van der Waals surface area contributed by atoms with E-state index in [2.05, 4.69) is 11.4 Å². The van der Waals surface area contributed by atoms with Gasteiger partial charge in [0.15, 0.2) is 0 Å². The summed E-state index contributed by atoms with van der Waals surface area (Å²) >= 11 is 1.90. The molecule has 1 atom stereocenters. The maximum atomic E-state index is 9.26. The highest BCUT2D eigenvalue weighted by atomic mass is 32.2. The van der Waals surface area contributed by atoms with Gasteiger partial charge in [0.2, 0.25) is 0 Å². The number of hydrogen-bond donors (Lipinski definition) is 1. The average Bonchev–Trinajstić information content (AvgIpc) is 3.06. The van der Waals surface area contributed by atoms with Crippen LogP contribution in [0.5, 0.6) is 0 Å². The van der Waals surface area contributed by atoms with Crippen molar-refractivity contribution in [3.05, 3.63) is 24.2 Å². The van der Waals surface area contributed by atoms with Gasteiger partial charge in [0.1, 0.15) is 11.3 Å². The van der Waals surface area contributed by atoms with E-state index in [1.165, 1.54) is 12.8 Å². The summed E-state index contributed by atoms with van der Waals surface area (Å²) in [7, 11) is 0. The van der Waals surface area contributed by atoms with E-state index in [4.69, 9.17) is 4.42 Å². The van der Waals surface area contributed by atoms with Crippen LogP contribution in [0.25, 0.3) is 0 Å². The Morgan fingerprint density at radius 1 is 1.53 bits per heavy atom. The van der Waals surface area contributed by atoms with Crippen molar-refractivity contribution in [2.75, 3.05) is 5.75 Å². The number of nitrogens with one attached hydrogen (secondary N) is 1. The molecular formula is C15H22N2OS. The highest BCUT2D eigenvalue weighted by Gasteiger charge is 2.31. The smallest absolute Gasteiger partial charge is 0.113 e. The molecule has 0 saturated heterocycles. The highest BCUT2D eigenvalue weighted by Crippen LogP contribution is 2.25. The van der Waals surface area contributed by atoms with Crippen molar-refractivity contribution in [1.29, 1.82) is 5.26 Å². The van der Waals surface area contributed by atoms with Crippen LogP contribution in [0, 0.1) is 11.3 Å². The lowest BCUT2D eigenvalue weighted by Crippen LogP contribution is -2.42. The summed E-state index contributed by atoms with van der Waals surface area (Å²) in [5, 5.41) is 12.7. The van der Waals surface area contributed by atoms with Crippen LogP contribution in [0.1, 0.15) is 44.8 Å². The van der Waals surface area contributed by atoms with E-state index in [0.29, 0.717) is 6.04 Å². The fourth-order valence-electron chi connectivity index (χ4n) is 2.09. The molecule has 2 rings (SSSR count). The molecule has 1 aromatic heterocycles. The Bertz CT molecular complexity index is 408. The Balaban J connectivity index is 1.54. The zero-order valence-electron chi connectivity index (χ0n) is 11.5. The molecule has 0 amide bonds. The molecule has 0 aromatic carbocycles. The van der Waals surface area contributed by atoms with Crippen molar-refractivity contribution in [3.63, 3.8) is 0 Å². The third-order valence-corrected chi connectivity index (χ3v) is 4.45. The van der Waals surface area contributed by atoms with E-state index >= 15 is 0 Å². The van der Waals surface area contributed by atoms with Crippen LogP contribution in [0.2, 0.25) is 0 Å². The van der Waals surface area contributed by atoms with Crippen molar-refractivity contribution in [2.45, 2.75) is 56.4 Å². The van der Waals surface area contributed by atoms with Gasteiger partial charge in [0, 0.05) is 6.04 Å². The van der Waals surface area contributed by atoms with Gasteiger partial charge in [-0.3, -0.25) is 5.32 Å². The molecule has 1 aromatic rings. The van der Waals surface area contributed by atoms with Gasteiger partial charge in [-0.05, 0) is 56.9 Å². The van der Waals surface area contributed by atoms with Gasteiger partial charge < -0.3 is 4.42 Å². The predicted molar refractivity (Wildman–Crippen MR) is 78.9 cm³/mol. The number of furan rings is 1. The van der Waals surface area contributed by atoms with Crippen LogP contribution in [0.4, 0.5) is 0 Å². The first-order valence-electron chi connectivity index (χ1n) is 7.01. The average molecular weight is 278 g/mol. The molecule has 0 aliphatic heterocycles. The van der Waals surface area contributed by atoms with Crippen LogP contribution < -0.4 is 5.32 Å². The summed E-state index contributed by atoms with van der Waals surface area (Å²) < 4.78 is 5.29. The van der Waals surface area contributed by atoms with E-state index < -0.39 is 0 Å². The summed E-state index contributed by atoms with van der Waals surface area (Å²) in [4.78, 5) is 0. The molecule has 1 heterocycles. The van der Waals surface area contributed by atoms with Crippen molar-refractivity contribution in [2.24, 2.45) is 0 Å². The van der Waals surface area contributed by atoms with Gasteiger partial charge in [-0.1, -0.05) is 0 Å². The van der Waals surface area contributed by atoms with Crippen molar-refractivity contribution in [1.82, 2.24) is 5.32 Å². The van der Waals surface area contributed by atoms with E-state index in [0.717, 1.165) is 36.5 Å². The minimum Gasteiger partial charge on any atom is -0.468 e. The molecule has 19 heavy (non-hydrogen) atoms. The SMILES string of the molecule is CC(C#N)(CCCCSCc1ccco1)NC1CC1. The second-order valence-corrected chi connectivity index (χ2v) is 6.56. The van der Waals surface area contributed by atoms with Crippen molar-refractivity contribution in [3.8, 4) is 6.07 Å². The lowest BCUT2D eigenvalue weighted by Gasteiger charge is -2.23. The Hall–Kier alpha value is -0.920. The second-order valence-electron chi connectivity index (χ2n) is 5.45. The molecule has 1 unspecified atom stereocenters. The zero-order valence-corrected chi connectivity index (χ0v) is 12.3. The Morgan fingerprint density at radius 2 is 2.37 bits per heavy atom. The van der Waals surface area contributed by atoms with Gasteiger partial charge in [-0.15, -0.1) is 0 Å². The lowest BCUT2D eigenvalue weighted by atomic mass is 9.96. The zero-order chi connectivity index (χ0) is 13.6. The summed E-state index contributed by atoms with van der Waals surface area (Å²) in [5.74, 6) is 3.12. The molecule has 4 heteroatoms. The molecule has 1 saturated carbocycles. The molecule has 0 spiro atoms. The number of nitriles is 1. The van der Waals surface area contributed by atoms with E-state index in [1.807, 2.05) is 30.8 Å². The monoisotopic (exact) mass is 278 g/mol. The van der Waals surface area contributed by atoms with Gasteiger partial charge in [0.25, 0.3) is 0 Å². The molecule has 1 N–H and O–H groups in total. The van der Waals surface area contributed by atoms with Crippen LogP contribution in [0.15, 0.2) is 22.8 Å². The molecular weight excluding hydrogens is 256 g/mol. The number of rotatable bonds is 9. The largest absolute Gasteiger partial charge is 0.468 e. The molecule has 1 aliphatic carbocycles. The Labute approximate surface area is 119 Å². The first kappa shape index (κ1) is 14.5. The summed E-state index contributed by atoms with van der Waals surface area (Å²) in [5.41, 5.74) is -0.327. The molecule has 0 radical (unpaired) electrons. The van der Waals surface area contributed by atoms with Gasteiger partial charge in [0.05, 0.1) is 18.1 Å². The van der Waals surface area contributed by atoms with E-state index in [1.54, 1.807) is 6.26 Å². The standard InChI is InChI=1S/C15H22N2OS/c1-15(12-16,17-13-6-7-13)8-2-3-10-19-11-14-5-4-9-18-14/h4-5,9,13,17H,2-3,6-8,10-11H2,1H3. The quantitative estimate of drug-likeness (QED) is 0.699. The molecule has 1 aliphatic rings. The van der Waals surface area contributed by atoms with Crippen LogP contribution in [0.3, 0.4) is 0 Å². The van der Waals surface area contributed by atoms with Crippen molar-refractivity contribution < 1.29 is 4.42 Å². The highest BCUT2D eigenvalue weighted by molar-refractivity contribution is 7.98.